The van der Waals surface area contributed by atoms with Crippen LogP contribution in [0.25, 0.3) is 16.8 Å². The number of rotatable bonds is 5. The van der Waals surface area contributed by atoms with E-state index in [-0.39, 0.29) is 12.0 Å². The Morgan fingerprint density at radius 2 is 1.91 bits per heavy atom. The maximum Gasteiger partial charge on any atom is 0.410 e. The van der Waals surface area contributed by atoms with E-state index in [0.717, 1.165) is 24.2 Å². The van der Waals surface area contributed by atoms with E-state index >= 15 is 0 Å². The Balaban J connectivity index is 1.30. The third kappa shape index (κ3) is 5.84. The fourth-order valence-corrected chi connectivity index (χ4v) is 3.94. The molecule has 1 aromatic carbocycles. The Morgan fingerprint density at radius 3 is 2.62 bits per heavy atom. The summed E-state index contributed by atoms with van der Waals surface area (Å²) in [5, 5.41) is 7.88. The van der Waals surface area contributed by atoms with Gasteiger partial charge in [-0.3, -0.25) is 9.69 Å². The van der Waals surface area contributed by atoms with Crippen LogP contribution in [0, 0.1) is 0 Å². The van der Waals surface area contributed by atoms with E-state index in [9.17, 15) is 9.59 Å². The van der Waals surface area contributed by atoms with Crippen LogP contribution >= 0.6 is 11.6 Å². The van der Waals surface area contributed by atoms with Crippen molar-refractivity contribution in [3.63, 3.8) is 0 Å². The average Bonchev–Trinajstić information content (AvgIpc) is 3.21. The lowest BCUT2D eigenvalue weighted by atomic mass is 10.1. The van der Waals surface area contributed by atoms with Crippen LogP contribution in [0.3, 0.4) is 0 Å². The molecule has 10 heteroatoms. The lowest BCUT2D eigenvalue weighted by molar-refractivity contribution is 0.0147. The highest BCUT2D eigenvalue weighted by Gasteiger charge is 2.25. The maximum absolute atomic E-state index is 12.7. The van der Waals surface area contributed by atoms with Gasteiger partial charge in [0.1, 0.15) is 11.3 Å². The van der Waals surface area contributed by atoms with E-state index in [0.29, 0.717) is 42.5 Å². The van der Waals surface area contributed by atoms with Gasteiger partial charge in [0.25, 0.3) is 5.91 Å². The quantitative estimate of drug-likeness (QED) is 0.597. The first-order chi connectivity index (χ1) is 16.2. The van der Waals surface area contributed by atoms with Gasteiger partial charge >= 0.3 is 6.09 Å². The van der Waals surface area contributed by atoms with Gasteiger partial charge < -0.3 is 15.0 Å². The molecule has 0 bridgehead atoms. The van der Waals surface area contributed by atoms with Crippen LogP contribution in [0.5, 0.6) is 0 Å². The third-order valence-electron chi connectivity index (χ3n) is 5.47. The van der Waals surface area contributed by atoms with Crippen molar-refractivity contribution in [3.05, 3.63) is 53.4 Å². The second kappa shape index (κ2) is 9.99. The minimum atomic E-state index is -0.499. The Morgan fingerprint density at radius 1 is 1.15 bits per heavy atom. The van der Waals surface area contributed by atoms with Crippen LogP contribution < -0.4 is 5.32 Å². The molecule has 0 unspecified atom stereocenters. The van der Waals surface area contributed by atoms with Crippen molar-refractivity contribution in [1.29, 1.82) is 0 Å². The van der Waals surface area contributed by atoms with Crippen molar-refractivity contribution in [2.75, 3.05) is 39.3 Å². The SMILES string of the molecule is CC(C)(C)OC(=O)N1CCN(CCNC(=O)c2ccn3ncc(-c4cccc(Cl)c4)c3n2)CC1. The first-order valence-electron chi connectivity index (χ1n) is 11.3. The monoisotopic (exact) mass is 484 g/mol. The van der Waals surface area contributed by atoms with Gasteiger partial charge in [-0.2, -0.15) is 5.10 Å². The molecule has 0 atom stereocenters. The van der Waals surface area contributed by atoms with Crippen molar-refractivity contribution in [2.45, 2.75) is 26.4 Å². The largest absolute Gasteiger partial charge is 0.444 e. The zero-order valence-electron chi connectivity index (χ0n) is 19.6. The number of benzene rings is 1. The summed E-state index contributed by atoms with van der Waals surface area (Å²) in [6.07, 6.45) is 3.16. The number of aromatic nitrogens is 3. The zero-order valence-corrected chi connectivity index (χ0v) is 20.4. The van der Waals surface area contributed by atoms with Gasteiger partial charge in [0.2, 0.25) is 0 Å². The van der Waals surface area contributed by atoms with Crippen LogP contribution in [-0.4, -0.2) is 81.3 Å². The molecule has 1 aliphatic heterocycles. The van der Waals surface area contributed by atoms with E-state index in [4.69, 9.17) is 16.3 Å². The highest BCUT2D eigenvalue weighted by atomic mass is 35.5. The smallest absolute Gasteiger partial charge is 0.410 e. The van der Waals surface area contributed by atoms with E-state index < -0.39 is 5.60 Å². The topological polar surface area (TPSA) is 92.1 Å². The normalized spacial score (nSPS) is 14.9. The van der Waals surface area contributed by atoms with Crippen molar-refractivity contribution < 1.29 is 14.3 Å². The van der Waals surface area contributed by atoms with Gasteiger partial charge in [-0.25, -0.2) is 14.3 Å². The number of hydrogen-bond donors (Lipinski definition) is 1. The molecule has 3 aromatic rings. The van der Waals surface area contributed by atoms with E-state index in [1.807, 2.05) is 39.0 Å². The highest BCUT2D eigenvalue weighted by Crippen LogP contribution is 2.25. The van der Waals surface area contributed by atoms with Crippen LogP contribution in [0.2, 0.25) is 5.02 Å². The summed E-state index contributed by atoms with van der Waals surface area (Å²) in [7, 11) is 0. The predicted molar refractivity (Wildman–Crippen MR) is 130 cm³/mol. The minimum absolute atomic E-state index is 0.242. The number of ether oxygens (including phenoxy) is 1. The number of nitrogens with zero attached hydrogens (tertiary/aromatic N) is 5. The molecule has 1 fully saturated rings. The van der Waals surface area contributed by atoms with Gasteiger partial charge in [0, 0.05) is 56.1 Å². The average molecular weight is 485 g/mol. The Kier molecular flexibility index (Phi) is 7.04. The summed E-state index contributed by atoms with van der Waals surface area (Å²) in [5.41, 5.74) is 2.11. The molecule has 34 heavy (non-hydrogen) atoms. The molecular weight excluding hydrogens is 456 g/mol. The molecule has 1 aliphatic rings. The van der Waals surface area contributed by atoms with Crippen molar-refractivity contribution in [1.82, 2.24) is 29.7 Å². The summed E-state index contributed by atoms with van der Waals surface area (Å²) in [6.45, 7) is 9.44. The number of hydrogen-bond acceptors (Lipinski definition) is 6. The summed E-state index contributed by atoms with van der Waals surface area (Å²) >= 11 is 6.12. The highest BCUT2D eigenvalue weighted by molar-refractivity contribution is 6.30. The lowest BCUT2D eigenvalue weighted by Crippen LogP contribution is -2.51. The molecule has 2 aromatic heterocycles. The van der Waals surface area contributed by atoms with Crippen LogP contribution in [0.15, 0.2) is 42.7 Å². The van der Waals surface area contributed by atoms with Crippen LogP contribution in [0.1, 0.15) is 31.3 Å². The maximum atomic E-state index is 12.7. The number of halogens is 1. The number of fused-ring (bicyclic) bond motifs is 1. The molecule has 0 aliphatic carbocycles. The number of carbonyl (C=O) groups excluding carboxylic acids is 2. The van der Waals surface area contributed by atoms with Crippen LogP contribution in [0.4, 0.5) is 4.79 Å². The molecule has 0 radical (unpaired) electrons. The molecule has 0 saturated carbocycles. The number of amides is 2. The van der Waals surface area contributed by atoms with E-state index in [1.54, 1.807) is 33.9 Å². The molecule has 2 amide bonds. The molecule has 0 spiro atoms. The molecule has 4 rings (SSSR count). The number of carbonyl (C=O) groups is 2. The van der Waals surface area contributed by atoms with E-state index in [2.05, 4.69) is 20.3 Å². The summed E-state index contributed by atoms with van der Waals surface area (Å²) in [4.78, 5) is 33.4. The Bertz CT molecular complexity index is 1180. The van der Waals surface area contributed by atoms with Crippen LogP contribution in [-0.2, 0) is 4.74 Å². The zero-order chi connectivity index (χ0) is 24.3. The first-order valence-corrected chi connectivity index (χ1v) is 11.7. The second-order valence-electron chi connectivity index (χ2n) is 9.21. The second-order valence-corrected chi connectivity index (χ2v) is 9.65. The minimum Gasteiger partial charge on any atom is -0.444 e. The fourth-order valence-electron chi connectivity index (χ4n) is 3.75. The van der Waals surface area contributed by atoms with Gasteiger partial charge in [-0.05, 0) is 44.5 Å². The first kappa shape index (κ1) is 24.0. The van der Waals surface area contributed by atoms with E-state index in [1.165, 1.54) is 0 Å². The molecular formula is C24H29ClN6O3. The molecule has 9 nitrogen and oxygen atoms in total. The molecule has 180 valence electrons. The van der Waals surface area contributed by atoms with Gasteiger partial charge in [0.15, 0.2) is 5.65 Å². The van der Waals surface area contributed by atoms with Crippen molar-refractivity contribution in [3.8, 4) is 11.1 Å². The number of piperazine rings is 1. The summed E-state index contributed by atoms with van der Waals surface area (Å²) in [6, 6.07) is 9.09. The molecule has 3 heterocycles. The summed E-state index contributed by atoms with van der Waals surface area (Å²) < 4.78 is 7.07. The van der Waals surface area contributed by atoms with Crippen molar-refractivity contribution >= 4 is 29.2 Å². The van der Waals surface area contributed by atoms with Gasteiger partial charge in [-0.1, -0.05) is 23.7 Å². The third-order valence-corrected chi connectivity index (χ3v) is 5.71. The Hall–Kier alpha value is -3.17. The fraction of sp³-hybridized carbons (Fsp3) is 0.417. The van der Waals surface area contributed by atoms with Crippen molar-refractivity contribution in [2.24, 2.45) is 0 Å². The predicted octanol–water partition coefficient (Wildman–Crippen LogP) is 3.33. The summed E-state index contributed by atoms with van der Waals surface area (Å²) in [5.74, 6) is -0.242. The standard InChI is InChI=1S/C24H29ClN6O3/c1-24(2,3)34-23(33)30-13-11-29(12-14-30)10-8-26-22(32)20-7-9-31-21(28-20)19(16-27-31)17-5-4-6-18(25)15-17/h4-7,9,15-16H,8,10-14H2,1-3H3,(H,26,32). The molecule has 1 saturated heterocycles. The van der Waals surface area contributed by atoms with Gasteiger partial charge in [-0.15, -0.1) is 0 Å². The Labute approximate surface area is 203 Å². The van der Waals surface area contributed by atoms with Gasteiger partial charge in [0.05, 0.1) is 6.20 Å². The number of nitrogens with one attached hydrogen (secondary N) is 1. The lowest BCUT2D eigenvalue weighted by Gasteiger charge is -2.35. The molecule has 1 N–H and O–H groups in total.